The van der Waals surface area contributed by atoms with Crippen molar-refractivity contribution in [3.63, 3.8) is 0 Å². The predicted octanol–water partition coefficient (Wildman–Crippen LogP) is 3.24. The first-order valence-corrected chi connectivity index (χ1v) is 9.69. The highest BCUT2D eigenvalue weighted by Crippen LogP contribution is 2.41. The van der Waals surface area contributed by atoms with Gasteiger partial charge in [0.2, 0.25) is 0 Å². The van der Waals surface area contributed by atoms with E-state index in [4.69, 9.17) is 42.1 Å². The molecule has 2 N–H and O–H groups in total. The van der Waals surface area contributed by atoms with Crippen molar-refractivity contribution >= 4 is 23.2 Å². The van der Waals surface area contributed by atoms with Gasteiger partial charge in [-0.1, -0.05) is 47.5 Å². The highest BCUT2D eigenvalue weighted by atomic mass is 35.5. The Balaban J connectivity index is 1.60. The number of aliphatic hydroxyl groups excluding tert-OH is 2. The lowest BCUT2D eigenvalue weighted by Crippen LogP contribution is -2.43. The van der Waals surface area contributed by atoms with E-state index in [0.717, 1.165) is 5.56 Å². The van der Waals surface area contributed by atoms with Crippen molar-refractivity contribution in [1.82, 2.24) is 0 Å². The summed E-state index contributed by atoms with van der Waals surface area (Å²) in [5.74, 6) is 0. The number of hydrogen-bond donors (Lipinski definition) is 2. The fourth-order valence-electron chi connectivity index (χ4n) is 3.49. The van der Waals surface area contributed by atoms with Gasteiger partial charge >= 0.3 is 0 Å². The van der Waals surface area contributed by atoms with E-state index in [0.29, 0.717) is 15.6 Å². The van der Waals surface area contributed by atoms with Crippen LogP contribution in [0, 0.1) is 0 Å². The Hall–Kier alpha value is -1.22. The number of rotatable bonds is 4. The summed E-state index contributed by atoms with van der Waals surface area (Å²) in [6.07, 6.45) is -4.21. The van der Waals surface area contributed by atoms with Crippen LogP contribution in [-0.2, 0) is 18.9 Å². The molecule has 2 unspecified atom stereocenters. The van der Waals surface area contributed by atoms with E-state index in [2.05, 4.69) is 0 Å². The molecule has 0 aromatic heterocycles. The number of hydrogen-bond acceptors (Lipinski definition) is 6. The van der Waals surface area contributed by atoms with E-state index < -0.39 is 37.0 Å². The van der Waals surface area contributed by atoms with Crippen LogP contribution in [0.3, 0.4) is 0 Å². The van der Waals surface area contributed by atoms with Crippen molar-refractivity contribution in [1.29, 1.82) is 0 Å². The van der Waals surface area contributed by atoms with E-state index in [-0.39, 0.29) is 13.2 Å². The zero-order chi connectivity index (χ0) is 19.7. The zero-order valence-corrected chi connectivity index (χ0v) is 16.3. The molecule has 2 heterocycles. The number of ether oxygens (including phenoxy) is 4. The van der Waals surface area contributed by atoms with E-state index in [1.165, 1.54) is 0 Å². The molecule has 6 atom stereocenters. The van der Waals surface area contributed by atoms with Gasteiger partial charge in [-0.25, -0.2) is 0 Å². The molecule has 0 bridgehead atoms. The van der Waals surface area contributed by atoms with E-state index in [1.54, 1.807) is 42.5 Å². The molecule has 6 nitrogen and oxygen atoms in total. The Morgan fingerprint density at radius 2 is 1.11 bits per heavy atom. The second-order valence-electron chi connectivity index (χ2n) is 6.69. The second-order valence-corrected chi connectivity index (χ2v) is 7.56. The van der Waals surface area contributed by atoms with Crippen LogP contribution in [0.25, 0.3) is 0 Å². The van der Waals surface area contributed by atoms with Gasteiger partial charge in [-0.15, -0.1) is 0 Å². The molecule has 0 saturated carbocycles. The van der Waals surface area contributed by atoms with Gasteiger partial charge in [-0.05, 0) is 24.3 Å². The minimum atomic E-state index is -0.824. The van der Waals surface area contributed by atoms with Gasteiger partial charge in [0.15, 0.2) is 12.6 Å². The van der Waals surface area contributed by atoms with Gasteiger partial charge in [-0.2, -0.15) is 0 Å². The van der Waals surface area contributed by atoms with Crippen LogP contribution in [0.15, 0.2) is 48.5 Å². The molecule has 2 aromatic carbocycles. The van der Waals surface area contributed by atoms with Crippen molar-refractivity contribution in [3.8, 4) is 0 Å². The number of fused-ring (bicyclic) bond motifs is 1. The largest absolute Gasteiger partial charge is 0.394 e. The summed E-state index contributed by atoms with van der Waals surface area (Å²) in [5, 5.41) is 20.9. The summed E-state index contributed by atoms with van der Waals surface area (Å²) in [5.41, 5.74) is 1.41. The van der Waals surface area contributed by atoms with Gasteiger partial charge in [-0.3, -0.25) is 0 Å². The van der Waals surface area contributed by atoms with Crippen LogP contribution in [0.2, 0.25) is 10.0 Å². The van der Waals surface area contributed by atoms with Crippen molar-refractivity contribution < 1.29 is 29.2 Å². The summed E-state index contributed by atoms with van der Waals surface area (Å²) in [6.45, 7) is -0.600. The fourth-order valence-corrected chi connectivity index (χ4v) is 3.89. The Morgan fingerprint density at radius 3 is 1.50 bits per heavy atom. The van der Waals surface area contributed by atoms with Crippen molar-refractivity contribution in [2.75, 3.05) is 13.2 Å². The van der Waals surface area contributed by atoms with E-state index in [9.17, 15) is 10.2 Å². The molecule has 0 amide bonds. The smallest absolute Gasteiger partial charge is 0.185 e. The van der Waals surface area contributed by atoms with Crippen molar-refractivity contribution in [2.24, 2.45) is 0 Å². The third-order valence-corrected chi connectivity index (χ3v) is 5.29. The normalized spacial score (nSPS) is 32.7. The molecule has 2 fully saturated rings. The Bertz CT molecular complexity index is 797. The van der Waals surface area contributed by atoms with Crippen molar-refractivity contribution in [2.45, 2.75) is 37.0 Å². The first kappa shape index (κ1) is 20.1. The molecule has 2 aromatic rings. The standard InChI is InChI=1S/C20H20Cl2O6/c21-13-5-1-3-11(7-13)19-25-15(9-23)17-18(16(10-24)26-19)28-20(27-17)12-4-2-6-14(22)8-12/h1-8,15-20,23-24H,9-10H2/t15-,16+,17-,18-,19?,20?/m0/s1. The minimum absolute atomic E-state index is 0.300. The lowest BCUT2D eigenvalue weighted by molar-refractivity contribution is -0.223. The fraction of sp³-hybridized carbons (Fsp3) is 0.400. The van der Waals surface area contributed by atoms with Crippen LogP contribution in [-0.4, -0.2) is 47.8 Å². The number of halogens is 2. The molecule has 0 radical (unpaired) electrons. The van der Waals surface area contributed by atoms with Gasteiger partial charge in [0.05, 0.1) is 13.2 Å². The predicted molar refractivity (Wildman–Crippen MR) is 102 cm³/mol. The SMILES string of the molecule is OC[C@@H]1OC(c2cccc(Cl)c2)O[C@H](CO)[C@@H]2OC(c3cccc(Cl)c3)O[C@H]21. The average molecular weight is 427 g/mol. The van der Waals surface area contributed by atoms with Crippen LogP contribution >= 0.6 is 23.2 Å². The first-order valence-electron chi connectivity index (χ1n) is 8.93. The van der Waals surface area contributed by atoms with Gasteiger partial charge in [0, 0.05) is 21.2 Å². The summed E-state index contributed by atoms with van der Waals surface area (Å²) in [4.78, 5) is 0. The third-order valence-electron chi connectivity index (χ3n) is 4.82. The van der Waals surface area contributed by atoms with Crippen molar-refractivity contribution in [3.05, 3.63) is 69.7 Å². The third kappa shape index (κ3) is 4.06. The topological polar surface area (TPSA) is 77.4 Å². The van der Waals surface area contributed by atoms with E-state index in [1.807, 2.05) is 6.07 Å². The summed E-state index contributed by atoms with van der Waals surface area (Å²) in [6, 6.07) is 14.2. The lowest BCUT2D eigenvalue weighted by Gasteiger charge is -2.24. The monoisotopic (exact) mass is 426 g/mol. The lowest BCUT2D eigenvalue weighted by atomic mass is 10.0. The highest BCUT2D eigenvalue weighted by molar-refractivity contribution is 6.30. The molecule has 150 valence electrons. The second kappa shape index (κ2) is 8.65. The molecule has 2 aliphatic rings. The molecule has 4 rings (SSSR count). The summed E-state index contributed by atoms with van der Waals surface area (Å²) >= 11 is 12.1. The van der Waals surface area contributed by atoms with Gasteiger partial charge in [0.25, 0.3) is 0 Å². The molecule has 28 heavy (non-hydrogen) atoms. The summed E-state index contributed by atoms with van der Waals surface area (Å²) < 4.78 is 24.1. The van der Waals surface area contributed by atoms with E-state index >= 15 is 0 Å². The quantitative estimate of drug-likeness (QED) is 0.781. The van der Waals surface area contributed by atoms with Crippen LogP contribution in [0.5, 0.6) is 0 Å². The molecule has 0 aliphatic carbocycles. The maximum absolute atomic E-state index is 9.92. The molecular weight excluding hydrogens is 407 g/mol. The number of benzene rings is 2. The average Bonchev–Trinajstić information content (AvgIpc) is 3.07. The summed E-state index contributed by atoms with van der Waals surface area (Å²) in [7, 11) is 0. The van der Waals surface area contributed by atoms with Crippen LogP contribution in [0.1, 0.15) is 23.7 Å². The maximum Gasteiger partial charge on any atom is 0.185 e. The highest BCUT2D eigenvalue weighted by Gasteiger charge is 2.50. The molecular formula is C20H20Cl2O6. The minimum Gasteiger partial charge on any atom is -0.394 e. The first-order chi connectivity index (χ1) is 13.6. The Kier molecular flexibility index (Phi) is 6.20. The zero-order valence-electron chi connectivity index (χ0n) is 14.8. The number of aliphatic hydroxyl groups is 2. The van der Waals surface area contributed by atoms with Crippen LogP contribution < -0.4 is 0 Å². The molecule has 8 heteroatoms. The molecule has 2 aliphatic heterocycles. The van der Waals surface area contributed by atoms with Gasteiger partial charge in [0.1, 0.15) is 24.4 Å². The Morgan fingerprint density at radius 1 is 0.679 bits per heavy atom. The van der Waals surface area contributed by atoms with Crippen LogP contribution in [0.4, 0.5) is 0 Å². The molecule has 0 spiro atoms. The Labute approximate surface area is 172 Å². The maximum atomic E-state index is 9.92. The van der Waals surface area contributed by atoms with Gasteiger partial charge < -0.3 is 29.2 Å². The molecule has 2 saturated heterocycles.